The molecule has 0 spiro atoms. The Morgan fingerprint density at radius 2 is 2.12 bits per heavy atom. The topological polar surface area (TPSA) is 80.4 Å². The van der Waals surface area contributed by atoms with Crippen molar-refractivity contribution in [2.24, 2.45) is 22.4 Å². The van der Waals surface area contributed by atoms with Crippen molar-refractivity contribution in [3.05, 3.63) is 32.5 Å². The molecule has 3 aliphatic carbocycles. The highest BCUT2D eigenvalue weighted by atomic mass is 35.5. The van der Waals surface area contributed by atoms with Gasteiger partial charge >= 0.3 is 0 Å². The number of nitrogens with one attached hydrogen (secondary N) is 1. The summed E-state index contributed by atoms with van der Waals surface area (Å²) < 4.78 is 0. The van der Waals surface area contributed by atoms with Crippen molar-refractivity contribution in [1.82, 2.24) is 10.4 Å². The lowest BCUT2D eigenvalue weighted by atomic mass is 9.49. The van der Waals surface area contributed by atoms with E-state index in [4.69, 9.17) is 40.5 Å². The number of rotatable bonds is 3. The lowest BCUT2D eigenvalue weighted by molar-refractivity contribution is -0.00126. The van der Waals surface area contributed by atoms with Crippen LogP contribution in [0.25, 0.3) is 0 Å². The summed E-state index contributed by atoms with van der Waals surface area (Å²) in [6.07, 6.45) is 6.10. The number of aromatic nitrogens is 1. The molecule has 4 rings (SSSR count). The van der Waals surface area contributed by atoms with Gasteiger partial charge in [0.2, 0.25) is 0 Å². The maximum absolute atomic E-state index is 12.2. The van der Waals surface area contributed by atoms with Gasteiger partial charge in [-0.15, -0.1) is 0 Å². The molecule has 3 N–H and O–H groups in total. The first-order valence-corrected chi connectivity index (χ1v) is 8.70. The Morgan fingerprint density at radius 3 is 2.75 bits per heavy atom. The van der Waals surface area contributed by atoms with Gasteiger partial charge < -0.3 is 5.73 Å². The van der Waals surface area contributed by atoms with E-state index in [9.17, 15) is 4.79 Å². The Morgan fingerprint density at radius 1 is 1.42 bits per heavy atom. The maximum atomic E-state index is 12.2. The lowest BCUT2D eigenvalue weighted by Crippen LogP contribution is -2.48. The molecular formula is C16H17Cl3N4O. The molecule has 0 radical (unpaired) electrons. The zero-order valence-electron chi connectivity index (χ0n) is 13.2. The van der Waals surface area contributed by atoms with Crippen LogP contribution in [-0.2, 0) is 0 Å². The molecule has 1 aromatic heterocycles. The van der Waals surface area contributed by atoms with Gasteiger partial charge in [-0.1, -0.05) is 54.7 Å². The number of fused-ring (bicyclic) bond motifs is 1. The summed E-state index contributed by atoms with van der Waals surface area (Å²) in [7, 11) is 0. The number of carbonyl (C=O) groups excluding carboxylic acids is 1. The first-order valence-electron chi connectivity index (χ1n) is 7.57. The van der Waals surface area contributed by atoms with Gasteiger partial charge in [-0.3, -0.25) is 4.79 Å². The highest BCUT2D eigenvalue weighted by molar-refractivity contribution is 6.46. The van der Waals surface area contributed by atoms with Crippen LogP contribution in [0.4, 0.5) is 5.69 Å². The van der Waals surface area contributed by atoms with Gasteiger partial charge in [0, 0.05) is 0 Å². The zero-order chi connectivity index (χ0) is 17.6. The second-order valence-electron chi connectivity index (χ2n) is 6.74. The average Bonchev–Trinajstić information content (AvgIpc) is 2.56. The summed E-state index contributed by atoms with van der Waals surface area (Å²) in [5.41, 5.74) is 9.47. The third-order valence-electron chi connectivity index (χ3n) is 5.18. The van der Waals surface area contributed by atoms with E-state index in [0.717, 1.165) is 17.9 Å². The van der Waals surface area contributed by atoms with Crippen molar-refractivity contribution in [1.29, 1.82) is 0 Å². The highest BCUT2D eigenvalue weighted by Crippen LogP contribution is 2.58. The molecule has 1 saturated carbocycles. The number of hydrazone groups is 1. The fourth-order valence-electron chi connectivity index (χ4n) is 3.45. The fraction of sp³-hybridized carbons (Fsp3) is 0.438. The normalized spacial score (nSPS) is 24.5. The standard InChI is InChI=1S/C16H17Cl3N4O/c1-16(2)8-4-3-7(9(16)5-8)6-21-23-15(24)13-10(17)12(20)11(18)14(19)22-13/h3,6,8-9H,4-5H2,1-2H3,(H2,20,22)(H,23,24)/b21-6+. The Hall–Kier alpha value is -1.30. The molecule has 24 heavy (non-hydrogen) atoms. The molecule has 0 aliphatic heterocycles. The van der Waals surface area contributed by atoms with E-state index in [-0.39, 0.29) is 26.6 Å². The van der Waals surface area contributed by atoms with E-state index in [1.165, 1.54) is 6.42 Å². The Bertz CT molecular complexity index is 773. The highest BCUT2D eigenvalue weighted by Gasteiger charge is 2.50. The van der Waals surface area contributed by atoms with Gasteiger partial charge in [-0.2, -0.15) is 5.10 Å². The maximum Gasteiger partial charge on any atom is 0.291 e. The summed E-state index contributed by atoms with van der Waals surface area (Å²) in [6.45, 7) is 4.54. The Kier molecular flexibility index (Phi) is 4.53. The third-order valence-corrected chi connectivity index (χ3v) is 6.31. The SMILES string of the molecule is CC1(C)C2CC=C(/C=N/NC(=O)c3nc(Cl)c(Cl)c(N)c3Cl)C1C2. The van der Waals surface area contributed by atoms with Crippen LogP contribution in [0.5, 0.6) is 0 Å². The summed E-state index contributed by atoms with van der Waals surface area (Å²) in [4.78, 5) is 16.1. The Labute approximate surface area is 155 Å². The van der Waals surface area contributed by atoms with Gasteiger partial charge in [0.05, 0.1) is 16.9 Å². The molecule has 128 valence electrons. The number of nitrogens with zero attached hydrogens (tertiary/aromatic N) is 2. The fourth-order valence-corrected chi connectivity index (χ4v) is 4.04. The van der Waals surface area contributed by atoms with Crippen LogP contribution < -0.4 is 11.2 Å². The Balaban J connectivity index is 1.72. The third kappa shape index (κ3) is 2.79. The number of anilines is 1. The minimum Gasteiger partial charge on any atom is -0.396 e. The molecule has 8 heteroatoms. The molecular weight excluding hydrogens is 371 g/mol. The van der Waals surface area contributed by atoms with Gasteiger partial charge in [-0.05, 0) is 35.7 Å². The number of nitrogens with two attached hydrogens (primary N) is 1. The molecule has 1 heterocycles. The van der Waals surface area contributed by atoms with Crippen molar-refractivity contribution >= 4 is 52.6 Å². The number of nitrogen functional groups attached to an aromatic ring is 1. The summed E-state index contributed by atoms with van der Waals surface area (Å²) in [6, 6.07) is 0. The van der Waals surface area contributed by atoms with E-state index >= 15 is 0 Å². The number of halogens is 3. The molecule has 0 aromatic carbocycles. The smallest absolute Gasteiger partial charge is 0.291 e. The van der Waals surface area contributed by atoms with E-state index in [2.05, 4.69) is 35.4 Å². The zero-order valence-corrected chi connectivity index (χ0v) is 15.5. The number of pyridine rings is 1. The van der Waals surface area contributed by atoms with Crippen LogP contribution in [0, 0.1) is 17.3 Å². The molecule has 3 aliphatic rings. The molecule has 1 aromatic rings. The average molecular weight is 388 g/mol. The van der Waals surface area contributed by atoms with Gasteiger partial charge in [0.25, 0.3) is 5.91 Å². The number of hydrogen-bond acceptors (Lipinski definition) is 4. The van der Waals surface area contributed by atoms with E-state index < -0.39 is 5.91 Å². The predicted molar refractivity (Wildman–Crippen MR) is 97.7 cm³/mol. The minimum atomic E-state index is -0.594. The van der Waals surface area contributed by atoms with Crippen molar-refractivity contribution < 1.29 is 4.79 Å². The second kappa shape index (κ2) is 6.21. The first kappa shape index (κ1) is 17.5. The van der Waals surface area contributed by atoms with Crippen LogP contribution in [0.1, 0.15) is 37.2 Å². The second-order valence-corrected chi connectivity index (χ2v) is 7.85. The quantitative estimate of drug-likeness (QED) is 0.460. The molecule has 2 bridgehead atoms. The molecule has 5 nitrogen and oxygen atoms in total. The van der Waals surface area contributed by atoms with Crippen LogP contribution in [-0.4, -0.2) is 17.1 Å². The largest absolute Gasteiger partial charge is 0.396 e. The van der Waals surface area contributed by atoms with Gasteiger partial charge in [-0.25, -0.2) is 10.4 Å². The van der Waals surface area contributed by atoms with Crippen molar-refractivity contribution in [3.8, 4) is 0 Å². The molecule has 2 atom stereocenters. The van der Waals surface area contributed by atoms with Crippen molar-refractivity contribution in [2.45, 2.75) is 26.7 Å². The monoisotopic (exact) mass is 386 g/mol. The minimum absolute atomic E-state index is 0.0183. The van der Waals surface area contributed by atoms with E-state index in [1.807, 2.05) is 0 Å². The lowest BCUT2D eigenvalue weighted by Gasteiger charge is -2.55. The molecule has 1 fully saturated rings. The summed E-state index contributed by atoms with van der Waals surface area (Å²) in [5, 5.41) is 3.93. The summed E-state index contributed by atoms with van der Waals surface area (Å²) >= 11 is 17.7. The summed E-state index contributed by atoms with van der Waals surface area (Å²) in [5.74, 6) is 0.638. The van der Waals surface area contributed by atoms with E-state index in [1.54, 1.807) is 6.21 Å². The first-order chi connectivity index (χ1) is 11.2. The number of amides is 1. The predicted octanol–water partition coefficient (Wildman–Crippen LogP) is 4.33. The molecule has 0 saturated heterocycles. The van der Waals surface area contributed by atoms with Crippen LogP contribution in [0.3, 0.4) is 0 Å². The molecule has 2 unspecified atom stereocenters. The van der Waals surface area contributed by atoms with Crippen LogP contribution in [0.15, 0.2) is 16.8 Å². The number of hydrogen-bond donors (Lipinski definition) is 2. The molecule has 1 amide bonds. The van der Waals surface area contributed by atoms with Gasteiger partial charge in [0.1, 0.15) is 5.02 Å². The van der Waals surface area contributed by atoms with Crippen molar-refractivity contribution in [2.75, 3.05) is 5.73 Å². The number of carbonyl (C=O) groups is 1. The number of allylic oxidation sites excluding steroid dienone is 2. The van der Waals surface area contributed by atoms with Gasteiger partial charge in [0.15, 0.2) is 10.8 Å². The van der Waals surface area contributed by atoms with E-state index in [0.29, 0.717) is 11.3 Å². The van der Waals surface area contributed by atoms with Crippen LogP contribution in [0.2, 0.25) is 15.2 Å². The van der Waals surface area contributed by atoms with Crippen molar-refractivity contribution in [3.63, 3.8) is 0 Å². The van der Waals surface area contributed by atoms with Crippen LogP contribution >= 0.6 is 34.8 Å².